The Kier molecular flexibility index (Phi) is 5.00. The van der Waals surface area contributed by atoms with E-state index >= 15 is 0 Å². The number of amides is 2. The fourth-order valence-electron chi connectivity index (χ4n) is 1.94. The summed E-state index contributed by atoms with van der Waals surface area (Å²) in [6.45, 7) is 3.86. The quantitative estimate of drug-likeness (QED) is 0.590. The molecule has 0 spiro atoms. The van der Waals surface area contributed by atoms with Crippen LogP contribution in [0.3, 0.4) is 0 Å². The van der Waals surface area contributed by atoms with Gasteiger partial charge in [0.05, 0.1) is 43.2 Å². The monoisotopic (exact) mass is 317 g/mol. The van der Waals surface area contributed by atoms with E-state index in [0.717, 1.165) is 11.3 Å². The molecular formula is C11H15N3O4S2. The molecule has 1 fully saturated rings. The lowest BCUT2D eigenvalue weighted by atomic mass is 10.2. The molecule has 20 heavy (non-hydrogen) atoms. The van der Waals surface area contributed by atoms with Crippen LogP contribution in [0.25, 0.3) is 0 Å². The molecule has 7 nitrogen and oxygen atoms in total. The number of hydrogen-bond donors (Lipinski definition) is 2. The highest BCUT2D eigenvalue weighted by Crippen LogP contribution is 2.37. The van der Waals surface area contributed by atoms with Crippen LogP contribution < -0.4 is 11.1 Å². The zero-order valence-electron chi connectivity index (χ0n) is 10.9. The Bertz CT molecular complexity index is 514. The number of nitrogens with two attached hydrogens (primary N) is 1. The second-order valence-electron chi connectivity index (χ2n) is 4.14. The molecule has 1 saturated heterocycles. The van der Waals surface area contributed by atoms with Crippen molar-refractivity contribution in [2.24, 2.45) is 5.73 Å². The first kappa shape index (κ1) is 15.3. The Hall–Kier alpha value is -1.13. The van der Waals surface area contributed by atoms with Crippen molar-refractivity contribution in [3.8, 4) is 0 Å². The molecule has 1 atom stereocenters. The smallest absolute Gasteiger partial charge is 0.252 e. The third-order valence-electron chi connectivity index (χ3n) is 2.90. The number of anilines is 1. The van der Waals surface area contributed by atoms with E-state index in [0.29, 0.717) is 47.5 Å². The van der Waals surface area contributed by atoms with Gasteiger partial charge in [0.25, 0.3) is 5.91 Å². The zero-order valence-corrected chi connectivity index (χ0v) is 12.5. The Morgan fingerprint density at radius 2 is 2.20 bits per heavy atom. The summed E-state index contributed by atoms with van der Waals surface area (Å²) >= 11 is -0.268. The first-order valence-electron chi connectivity index (χ1n) is 5.94. The van der Waals surface area contributed by atoms with Gasteiger partial charge in [-0.15, -0.1) is 4.31 Å². The predicted octanol–water partition coefficient (Wildman–Crippen LogP) is 0.0785. The molecule has 0 aliphatic carbocycles. The molecule has 1 unspecified atom stereocenters. The normalized spacial score (nSPS) is 17.7. The van der Waals surface area contributed by atoms with Crippen molar-refractivity contribution in [2.75, 3.05) is 31.6 Å². The van der Waals surface area contributed by atoms with Gasteiger partial charge >= 0.3 is 0 Å². The SMILES string of the molecule is Cc1c([S+]([O-])N2CCOCC2)sc(NC=O)c1C(N)=O. The maximum Gasteiger partial charge on any atom is 0.252 e. The highest BCUT2D eigenvalue weighted by Gasteiger charge is 2.32. The summed E-state index contributed by atoms with van der Waals surface area (Å²) in [5.41, 5.74) is 6.09. The van der Waals surface area contributed by atoms with E-state index in [2.05, 4.69) is 5.32 Å². The summed E-state index contributed by atoms with van der Waals surface area (Å²) in [4.78, 5) is 22.1. The predicted molar refractivity (Wildman–Crippen MR) is 76.1 cm³/mol. The van der Waals surface area contributed by atoms with Gasteiger partial charge in [0.15, 0.2) is 0 Å². The second kappa shape index (κ2) is 6.55. The lowest BCUT2D eigenvalue weighted by Gasteiger charge is -2.26. The molecule has 1 aromatic heterocycles. The summed E-state index contributed by atoms with van der Waals surface area (Å²) in [6, 6.07) is 0. The number of primary amides is 1. The Balaban J connectivity index is 2.33. The van der Waals surface area contributed by atoms with E-state index in [1.54, 1.807) is 11.2 Å². The average Bonchev–Trinajstić information content (AvgIpc) is 2.76. The van der Waals surface area contributed by atoms with Gasteiger partial charge in [-0.2, -0.15) is 0 Å². The van der Waals surface area contributed by atoms with Crippen molar-refractivity contribution >= 4 is 40.0 Å². The van der Waals surface area contributed by atoms with E-state index in [9.17, 15) is 14.1 Å². The van der Waals surface area contributed by atoms with Crippen LogP contribution >= 0.6 is 11.3 Å². The number of ether oxygens (including phenoxy) is 1. The van der Waals surface area contributed by atoms with Crippen molar-refractivity contribution in [3.63, 3.8) is 0 Å². The van der Waals surface area contributed by atoms with E-state index in [-0.39, 0.29) is 5.56 Å². The highest BCUT2D eigenvalue weighted by atomic mass is 32.2. The standard InChI is InChI=1S/C11H15N3O4S2/c1-7-8(9(12)16)10(13-6-15)19-11(7)20(17)14-2-4-18-5-3-14/h6H,2-5H2,1H3,(H2,12,16)(H,13,15). The summed E-state index contributed by atoms with van der Waals surface area (Å²) in [7, 11) is 0. The van der Waals surface area contributed by atoms with Gasteiger partial charge in [0.2, 0.25) is 10.6 Å². The molecule has 3 N–H and O–H groups in total. The molecule has 0 bridgehead atoms. The topological polar surface area (TPSA) is 108 Å². The maximum atomic E-state index is 12.5. The Morgan fingerprint density at radius 3 is 2.75 bits per heavy atom. The number of rotatable bonds is 5. The lowest BCUT2D eigenvalue weighted by molar-refractivity contribution is -0.105. The summed E-state index contributed by atoms with van der Waals surface area (Å²) in [5.74, 6) is -0.645. The van der Waals surface area contributed by atoms with Crippen LogP contribution in [0, 0.1) is 6.92 Å². The van der Waals surface area contributed by atoms with Crippen molar-refractivity contribution in [1.29, 1.82) is 0 Å². The van der Waals surface area contributed by atoms with Gasteiger partial charge in [-0.1, -0.05) is 11.3 Å². The maximum absolute atomic E-state index is 12.5. The van der Waals surface area contributed by atoms with E-state index < -0.39 is 17.3 Å². The summed E-state index contributed by atoms with van der Waals surface area (Å²) in [5, 5.41) is 2.77. The van der Waals surface area contributed by atoms with E-state index in [1.165, 1.54) is 0 Å². The number of nitrogens with one attached hydrogen (secondary N) is 1. The van der Waals surface area contributed by atoms with Crippen molar-refractivity contribution < 1.29 is 18.9 Å². The van der Waals surface area contributed by atoms with Crippen molar-refractivity contribution in [1.82, 2.24) is 4.31 Å². The zero-order chi connectivity index (χ0) is 14.7. The van der Waals surface area contributed by atoms with E-state index in [4.69, 9.17) is 10.5 Å². The van der Waals surface area contributed by atoms with E-state index in [1.807, 2.05) is 0 Å². The Morgan fingerprint density at radius 1 is 1.55 bits per heavy atom. The van der Waals surface area contributed by atoms with Crippen molar-refractivity contribution in [2.45, 2.75) is 11.1 Å². The fourth-order valence-corrected chi connectivity index (χ4v) is 4.77. The van der Waals surface area contributed by atoms with Gasteiger partial charge in [0.1, 0.15) is 5.00 Å². The number of thiophene rings is 1. The highest BCUT2D eigenvalue weighted by molar-refractivity contribution is 7.91. The molecule has 2 heterocycles. The third kappa shape index (κ3) is 2.96. The summed E-state index contributed by atoms with van der Waals surface area (Å²) in [6.07, 6.45) is 0.471. The van der Waals surface area contributed by atoms with Gasteiger partial charge < -0.3 is 20.3 Å². The molecule has 1 aliphatic rings. The van der Waals surface area contributed by atoms with Crippen LogP contribution in [0.5, 0.6) is 0 Å². The number of morpholine rings is 1. The minimum Gasteiger partial charge on any atom is -0.592 e. The van der Waals surface area contributed by atoms with Crippen LogP contribution in [0.2, 0.25) is 0 Å². The molecule has 9 heteroatoms. The number of hydrogen-bond acceptors (Lipinski definition) is 6. The average molecular weight is 317 g/mol. The van der Waals surface area contributed by atoms with Crippen LogP contribution in [-0.2, 0) is 20.9 Å². The fraction of sp³-hybridized carbons (Fsp3) is 0.455. The van der Waals surface area contributed by atoms with Gasteiger partial charge in [-0.05, 0) is 6.92 Å². The van der Waals surface area contributed by atoms with Crippen LogP contribution in [0.1, 0.15) is 15.9 Å². The van der Waals surface area contributed by atoms with Gasteiger partial charge in [-0.3, -0.25) is 9.59 Å². The molecule has 1 aromatic rings. The first-order valence-corrected chi connectivity index (χ1v) is 7.86. The minimum absolute atomic E-state index is 0.221. The molecule has 0 saturated carbocycles. The van der Waals surface area contributed by atoms with Gasteiger partial charge in [-0.25, -0.2) is 0 Å². The molecule has 0 radical (unpaired) electrons. The number of carbonyl (C=O) groups excluding carboxylic acids is 2. The molecular weight excluding hydrogens is 302 g/mol. The largest absolute Gasteiger partial charge is 0.592 e. The molecule has 2 amide bonds. The van der Waals surface area contributed by atoms with Crippen LogP contribution in [0.4, 0.5) is 5.00 Å². The lowest BCUT2D eigenvalue weighted by Crippen LogP contribution is -2.40. The Labute approximate surface area is 123 Å². The van der Waals surface area contributed by atoms with Crippen LogP contribution in [-0.4, -0.2) is 47.5 Å². The van der Waals surface area contributed by atoms with Gasteiger partial charge in [0, 0.05) is 5.56 Å². The third-order valence-corrected chi connectivity index (χ3v) is 6.06. The molecule has 2 rings (SSSR count). The second-order valence-corrected chi connectivity index (χ2v) is 6.84. The van der Waals surface area contributed by atoms with Crippen LogP contribution in [0.15, 0.2) is 4.21 Å². The molecule has 0 aromatic carbocycles. The number of carbonyl (C=O) groups is 2. The molecule has 110 valence electrons. The summed E-state index contributed by atoms with van der Waals surface area (Å²) < 4.78 is 20.1. The minimum atomic E-state index is -1.38. The molecule has 1 aliphatic heterocycles. The number of nitrogens with zero attached hydrogens (tertiary/aromatic N) is 1. The first-order chi connectivity index (χ1) is 9.56. The van der Waals surface area contributed by atoms with Crippen molar-refractivity contribution in [3.05, 3.63) is 11.1 Å².